The third-order valence-corrected chi connectivity index (χ3v) is 5.29. The van der Waals surface area contributed by atoms with Crippen LogP contribution in [0.15, 0.2) is 11.1 Å². The van der Waals surface area contributed by atoms with Crippen molar-refractivity contribution in [1.29, 1.82) is 0 Å². The summed E-state index contributed by atoms with van der Waals surface area (Å²) in [6.45, 7) is 1.66. The van der Waals surface area contributed by atoms with Crippen molar-refractivity contribution in [3.63, 3.8) is 0 Å². The Morgan fingerprint density at radius 1 is 1.40 bits per heavy atom. The van der Waals surface area contributed by atoms with Gasteiger partial charge in [-0.05, 0) is 32.6 Å². The first-order chi connectivity index (χ1) is 9.44. The van der Waals surface area contributed by atoms with E-state index in [1.165, 1.54) is 13.3 Å². The van der Waals surface area contributed by atoms with E-state index >= 15 is 0 Å². The number of carbonyl (C=O) groups excluding carboxylic acids is 1. The van der Waals surface area contributed by atoms with Crippen molar-refractivity contribution in [3.8, 4) is 0 Å². The molecule has 1 saturated carbocycles. The standard InChI is InChI=1S/C12H19N3O4S/c1-8-11(7-13-14-8)20(17,18)15-10-5-3-9(4-6-10)12(16)19-2/h7,9-10,15H,3-6H2,1-2H3,(H,13,14). The van der Waals surface area contributed by atoms with Gasteiger partial charge in [0.15, 0.2) is 0 Å². The zero-order valence-electron chi connectivity index (χ0n) is 11.5. The first-order valence-electron chi connectivity index (χ1n) is 6.54. The number of methoxy groups -OCH3 is 1. The largest absolute Gasteiger partial charge is 0.469 e. The number of hydrogen-bond acceptors (Lipinski definition) is 5. The minimum Gasteiger partial charge on any atom is -0.469 e. The molecule has 1 aromatic rings. The van der Waals surface area contributed by atoms with Gasteiger partial charge in [-0.3, -0.25) is 9.89 Å². The van der Waals surface area contributed by atoms with Crippen molar-refractivity contribution < 1.29 is 17.9 Å². The van der Waals surface area contributed by atoms with E-state index in [9.17, 15) is 13.2 Å². The van der Waals surface area contributed by atoms with Crippen LogP contribution in [0.2, 0.25) is 0 Å². The highest BCUT2D eigenvalue weighted by Gasteiger charge is 2.30. The summed E-state index contributed by atoms with van der Waals surface area (Å²) in [5.41, 5.74) is 0.515. The molecule has 1 aliphatic rings. The quantitative estimate of drug-likeness (QED) is 0.798. The highest BCUT2D eigenvalue weighted by Crippen LogP contribution is 2.26. The third kappa shape index (κ3) is 3.18. The maximum absolute atomic E-state index is 12.2. The second-order valence-corrected chi connectivity index (χ2v) is 6.73. The van der Waals surface area contributed by atoms with E-state index in [0.717, 1.165) is 0 Å². The molecule has 0 unspecified atom stereocenters. The van der Waals surface area contributed by atoms with Crippen LogP contribution in [0, 0.1) is 12.8 Å². The number of hydrogen-bond donors (Lipinski definition) is 2. The molecule has 0 atom stereocenters. The predicted molar refractivity (Wildman–Crippen MR) is 71.4 cm³/mol. The summed E-state index contributed by atoms with van der Waals surface area (Å²) in [5, 5.41) is 6.33. The SMILES string of the molecule is COC(=O)C1CCC(NS(=O)(=O)c2cn[nH]c2C)CC1. The normalized spacial score (nSPS) is 23.5. The second kappa shape index (κ2) is 5.92. The van der Waals surface area contributed by atoms with Crippen LogP contribution < -0.4 is 4.72 Å². The van der Waals surface area contributed by atoms with Crippen molar-refractivity contribution in [1.82, 2.24) is 14.9 Å². The number of nitrogens with zero attached hydrogens (tertiary/aromatic N) is 1. The van der Waals surface area contributed by atoms with Crippen LogP contribution in [-0.4, -0.2) is 37.7 Å². The fraction of sp³-hybridized carbons (Fsp3) is 0.667. The summed E-state index contributed by atoms with van der Waals surface area (Å²) >= 11 is 0. The first kappa shape index (κ1) is 15.0. The Hall–Kier alpha value is -1.41. The monoisotopic (exact) mass is 301 g/mol. The summed E-state index contributed by atoms with van der Waals surface area (Å²) in [5.74, 6) is -0.326. The Labute approximate surface area is 118 Å². The van der Waals surface area contributed by atoms with E-state index in [1.807, 2.05) is 0 Å². The maximum atomic E-state index is 12.2. The maximum Gasteiger partial charge on any atom is 0.308 e. The van der Waals surface area contributed by atoms with Crippen LogP contribution in [0.25, 0.3) is 0 Å². The van der Waals surface area contributed by atoms with Gasteiger partial charge in [-0.2, -0.15) is 5.10 Å². The molecular formula is C12H19N3O4S. The van der Waals surface area contributed by atoms with Gasteiger partial charge in [0.1, 0.15) is 4.90 Å². The highest BCUT2D eigenvalue weighted by molar-refractivity contribution is 7.89. The van der Waals surface area contributed by atoms with Gasteiger partial charge in [0.05, 0.1) is 24.9 Å². The minimum absolute atomic E-state index is 0.114. The van der Waals surface area contributed by atoms with Gasteiger partial charge in [-0.25, -0.2) is 13.1 Å². The fourth-order valence-electron chi connectivity index (χ4n) is 2.51. The van der Waals surface area contributed by atoms with Gasteiger partial charge in [0.2, 0.25) is 10.0 Å². The highest BCUT2D eigenvalue weighted by atomic mass is 32.2. The van der Waals surface area contributed by atoms with Crippen molar-refractivity contribution in [2.45, 2.75) is 43.5 Å². The van der Waals surface area contributed by atoms with Crippen molar-refractivity contribution in [3.05, 3.63) is 11.9 Å². The summed E-state index contributed by atoms with van der Waals surface area (Å²) in [6.07, 6.45) is 3.86. The van der Waals surface area contributed by atoms with Gasteiger partial charge in [-0.1, -0.05) is 0 Å². The number of sulfonamides is 1. The van der Waals surface area contributed by atoms with Crippen LogP contribution >= 0.6 is 0 Å². The Morgan fingerprint density at radius 2 is 2.05 bits per heavy atom. The molecular weight excluding hydrogens is 282 g/mol. The van der Waals surface area contributed by atoms with Crippen LogP contribution in [0.1, 0.15) is 31.4 Å². The molecule has 1 heterocycles. The molecule has 2 rings (SSSR count). The van der Waals surface area contributed by atoms with E-state index < -0.39 is 10.0 Å². The number of H-pyrrole nitrogens is 1. The number of aryl methyl sites for hydroxylation is 1. The smallest absolute Gasteiger partial charge is 0.308 e. The molecule has 7 nitrogen and oxygen atoms in total. The average Bonchev–Trinajstić information content (AvgIpc) is 2.85. The lowest BCUT2D eigenvalue weighted by Crippen LogP contribution is -2.38. The van der Waals surface area contributed by atoms with Crippen molar-refractivity contribution >= 4 is 16.0 Å². The lowest BCUT2D eigenvalue weighted by Gasteiger charge is -2.27. The molecule has 1 aliphatic carbocycles. The molecule has 0 spiro atoms. The molecule has 20 heavy (non-hydrogen) atoms. The summed E-state index contributed by atoms with van der Waals surface area (Å²) in [6, 6.07) is -0.143. The van der Waals surface area contributed by atoms with E-state index in [-0.39, 0.29) is 22.8 Å². The molecule has 0 aliphatic heterocycles. The molecule has 0 aromatic carbocycles. The molecule has 8 heteroatoms. The van der Waals surface area contributed by atoms with Crippen LogP contribution in [-0.2, 0) is 19.6 Å². The van der Waals surface area contributed by atoms with Gasteiger partial charge in [0, 0.05) is 6.04 Å². The lowest BCUT2D eigenvalue weighted by atomic mass is 9.86. The van der Waals surface area contributed by atoms with Gasteiger partial charge >= 0.3 is 5.97 Å². The zero-order chi connectivity index (χ0) is 14.8. The Bertz CT molecular complexity index is 573. The molecule has 1 aromatic heterocycles. The van der Waals surface area contributed by atoms with E-state index in [2.05, 4.69) is 14.9 Å². The molecule has 1 fully saturated rings. The van der Waals surface area contributed by atoms with Crippen LogP contribution in [0.4, 0.5) is 0 Å². The molecule has 2 N–H and O–H groups in total. The fourth-order valence-corrected chi connectivity index (χ4v) is 3.95. The van der Waals surface area contributed by atoms with Crippen molar-refractivity contribution in [2.75, 3.05) is 7.11 Å². The number of aromatic nitrogens is 2. The zero-order valence-corrected chi connectivity index (χ0v) is 12.4. The molecule has 0 amide bonds. The number of ether oxygens (including phenoxy) is 1. The lowest BCUT2D eigenvalue weighted by molar-refractivity contribution is -0.146. The molecule has 0 radical (unpaired) electrons. The number of esters is 1. The van der Waals surface area contributed by atoms with Gasteiger partial charge in [0.25, 0.3) is 0 Å². The Kier molecular flexibility index (Phi) is 4.44. The topological polar surface area (TPSA) is 101 Å². The number of rotatable bonds is 4. The number of aromatic amines is 1. The van der Waals surface area contributed by atoms with E-state index in [0.29, 0.717) is 31.4 Å². The number of nitrogens with one attached hydrogen (secondary N) is 2. The molecule has 0 bridgehead atoms. The second-order valence-electron chi connectivity index (χ2n) is 5.05. The Balaban J connectivity index is 1.96. The molecule has 112 valence electrons. The number of carbonyl (C=O) groups is 1. The average molecular weight is 301 g/mol. The van der Waals surface area contributed by atoms with E-state index in [1.54, 1.807) is 6.92 Å². The molecule has 0 saturated heterocycles. The predicted octanol–water partition coefficient (Wildman–Crippen LogP) is 0.728. The van der Waals surface area contributed by atoms with Crippen LogP contribution in [0.5, 0.6) is 0 Å². The van der Waals surface area contributed by atoms with Gasteiger partial charge in [-0.15, -0.1) is 0 Å². The Morgan fingerprint density at radius 3 is 2.55 bits per heavy atom. The third-order valence-electron chi connectivity index (χ3n) is 3.66. The van der Waals surface area contributed by atoms with Crippen LogP contribution in [0.3, 0.4) is 0 Å². The first-order valence-corrected chi connectivity index (χ1v) is 8.02. The summed E-state index contributed by atoms with van der Waals surface area (Å²) < 4.78 is 31.8. The van der Waals surface area contributed by atoms with E-state index in [4.69, 9.17) is 4.74 Å². The van der Waals surface area contributed by atoms with Crippen molar-refractivity contribution in [2.24, 2.45) is 5.92 Å². The summed E-state index contributed by atoms with van der Waals surface area (Å²) in [4.78, 5) is 11.6. The van der Waals surface area contributed by atoms with Gasteiger partial charge < -0.3 is 4.74 Å². The summed E-state index contributed by atoms with van der Waals surface area (Å²) in [7, 11) is -2.18. The minimum atomic E-state index is -3.55.